The molecule has 3 aromatic rings. The Bertz CT molecular complexity index is 1830. The molecule has 1 radical (unpaired) electrons. The van der Waals surface area contributed by atoms with Gasteiger partial charge < -0.3 is 14.4 Å². The number of rotatable bonds is 12. The molecule has 235 valence electrons. The van der Waals surface area contributed by atoms with Crippen molar-refractivity contribution in [1.82, 2.24) is 4.57 Å². The standard InChI is InChI=1S/C27H30Cl4N4O6S2.Na/c1-3-32-22-14-18(28)20(30)16-24(22)34(10-6-12-42(36,37)38)26(32)8-5-9-27-33(4-2)23-15-19(29)21(31)17-25(23)35(27)11-7-13-43(39,40)41;/h5,8-9,14-17H,3-4,6-7,10-13H2,1-2H3,(H-,36,37,38,39,40,41);. The van der Waals surface area contributed by atoms with E-state index < -0.39 is 31.7 Å². The number of aromatic nitrogens is 2. The summed E-state index contributed by atoms with van der Waals surface area (Å²) in [7, 11) is -8.54. The molecule has 0 amide bonds. The molecule has 0 spiro atoms. The maximum atomic E-state index is 11.4. The zero-order valence-corrected chi connectivity index (χ0v) is 31.0. The summed E-state index contributed by atoms with van der Waals surface area (Å²) in [5, 5.41) is 1.43. The summed E-state index contributed by atoms with van der Waals surface area (Å²) in [5.74, 6) is 0.534. The Labute approximate surface area is 299 Å². The zero-order chi connectivity index (χ0) is 31.7. The average Bonchev–Trinajstić information content (AvgIpc) is 3.34. The molecule has 0 aliphatic carbocycles. The van der Waals surface area contributed by atoms with Gasteiger partial charge in [0.15, 0.2) is 11.0 Å². The molecule has 1 aliphatic heterocycles. The first-order valence-corrected chi connectivity index (χ1v) is 18.1. The summed E-state index contributed by atoms with van der Waals surface area (Å²) in [6, 6.07) is 6.93. The van der Waals surface area contributed by atoms with Crippen molar-refractivity contribution in [3.63, 3.8) is 0 Å². The van der Waals surface area contributed by atoms with E-state index in [4.69, 9.17) is 46.4 Å². The number of allylic oxidation sites excluding steroid dienone is 2. The van der Waals surface area contributed by atoms with Crippen LogP contribution in [0.2, 0.25) is 20.1 Å². The first-order valence-electron chi connectivity index (χ1n) is 13.4. The molecule has 17 heteroatoms. The maximum Gasteiger partial charge on any atom is 0.282 e. The van der Waals surface area contributed by atoms with Crippen LogP contribution in [-0.4, -0.2) is 84.7 Å². The fourth-order valence-electron chi connectivity index (χ4n) is 5.22. The van der Waals surface area contributed by atoms with Gasteiger partial charge in [-0.2, -0.15) is 8.42 Å². The number of imidazole rings is 1. The van der Waals surface area contributed by atoms with E-state index in [1.807, 2.05) is 51.0 Å². The molecular weight excluding hydrogens is 705 g/mol. The Morgan fingerprint density at radius 1 is 0.864 bits per heavy atom. The molecule has 0 saturated carbocycles. The van der Waals surface area contributed by atoms with Gasteiger partial charge in [0.05, 0.1) is 60.4 Å². The fraction of sp³-hybridized carbons (Fsp3) is 0.370. The van der Waals surface area contributed by atoms with Crippen LogP contribution >= 0.6 is 46.4 Å². The molecule has 4 rings (SSSR count). The van der Waals surface area contributed by atoms with Crippen molar-refractivity contribution in [1.29, 1.82) is 0 Å². The third-order valence-corrected chi connectivity index (χ3v) is 10.0. The van der Waals surface area contributed by atoms with Gasteiger partial charge in [0, 0.05) is 66.6 Å². The Morgan fingerprint density at radius 3 is 2.02 bits per heavy atom. The monoisotopic (exact) mass is 733 g/mol. The van der Waals surface area contributed by atoms with Crippen molar-refractivity contribution in [3.8, 4) is 0 Å². The largest absolute Gasteiger partial charge is 0.748 e. The maximum absolute atomic E-state index is 11.4. The Hall–Kier alpha value is -1.03. The minimum absolute atomic E-state index is 0. The third-order valence-electron chi connectivity index (χ3n) is 6.99. The van der Waals surface area contributed by atoms with E-state index >= 15 is 0 Å². The number of hydrogen-bond donors (Lipinski definition) is 1. The van der Waals surface area contributed by atoms with Gasteiger partial charge >= 0.3 is 0 Å². The molecule has 2 heterocycles. The predicted octanol–water partition coefficient (Wildman–Crippen LogP) is 5.60. The molecule has 0 unspecified atom stereocenters. The van der Waals surface area contributed by atoms with Gasteiger partial charge in [0.25, 0.3) is 15.9 Å². The molecule has 44 heavy (non-hydrogen) atoms. The molecular formula is C27H30Cl4N4NaO6S2. The summed E-state index contributed by atoms with van der Waals surface area (Å²) in [6.45, 7) is 5.56. The van der Waals surface area contributed by atoms with E-state index in [1.54, 1.807) is 24.3 Å². The van der Waals surface area contributed by atoms with Gasteiger partial charge in [-0.25, -0.2) is 17.6 Å². The molecule has 1 N–H and O–H groups in total. The van der Waals surface area contributed by atoms with Crippen molar-refractivity contribution < 1.29 is 30.5 Å². The van der Waals surface area contributed by atoms with Gasteiger partial charge in [-0.3, -0.25) is 4.55 Å². The molecule has 1 aromatic heterocycles. The number of halogens is 4. The van der Waals surface area contributed by atoms with Gasteiger partial charge in [0.2, 0.25) is 0 Å². The minimum Gasteiger partial charge on any atom is -0.748 e. The van der Waals surface area contributed by atoms with Crippen molar-refractivity contribution >= 4 is 125 Å². The van der Waals surface area contributed by atoms with Crippen LogP contribution in [-0.2, 0) is 33.3 Å². The van der Waals surface area contributed by atoms with Gasteiger partial charge in [-0.05, 0) is 44.9 Å². The van der Waals surface area contributed by atoms with E-state index in [0.29, 0.717) is 33.2 Å². The van der Waals surface area contributed by atoms with Crippen LogP contribution in [0.25, 0.3) is 17.1 Å². The smallest absolute Gasteiger partial charge is 0.282 e. The summed E-state index contributed by atoms with van der Waals surface area (Å²) in [5.41, 5.74) is 3.05. The summed E-state index contributed by atoms with van der Waals surface area (Å²) < 4.78 is 69.9. The Kier molecular flexibility index (Phi) is 13.0. The second-order valence-electron chi connectivity index (χ2n) is 9.80. The molecule has 0 atom stereocenters. The topological polar surface area (TPSA) is 127 Å². The van der Waals surface area contributed by atoms with Crippen molar-refractivity contribution in [2.45, 2.75) is 39.8 Å². The van der Waals surface area contributed by atoms with Gasteiger partial charge in [0.1, 0.15) is 5.82 Å². The first-order chi connectivity index (χ1) is 20.1. The van der Waals surface area contributed by atoms with E-state index in [0.717, 1.165) is 34.1 Å². The Balaban J connectivity index is 0.00000529. The molecule has 1 aliphatic rings. The van der Waals surface area contributed by atoms with Gasteiger partial charge in [-0.1, -0.05) is 52.5 Å². The van der Waals surface area contributed by atoms with Crippen LogP contribution in [0.15, 0.2) is 42.2 Å². The second-order valence-corrected chi connectivity index (χ2v) is 14.5. The van der Waals surface area contributed by atoms with Crippen molar-refractivity contribution in [3.05, 3.63) is 68.2 Å². The van der Waals surface area contributed by atoms with Crippen LogP contribution < -0.4 is 14.4 Å². The van der Waals surface area contributed by atoms with Crippen molar-refractivity contribution in [2.24, 2.45) is 0 Å². The van der Waals surface area contributed by atoms with E-state index in [1.165, 1.54) is 0 Å². The fourth-order valence-corrected chi connectivity index (χ4v) is 6.83. The number of fused-ring (bicyclic) bond motifs is 2. The Morgan fingerprint density at radius 2 is 1.45 bits per heavy atom. The SMILES string of the molecule is CCN1C(=CC=Cc2n(CC)c3cc(Cl)c(Cl)cc3[n+]2CCCS(=O)(=O)[O-])N(CCCS(=O)(=O)O)c2cc(Cl)c(Cl)cc21.[Na]. The van der Waals surface area contributed by atoms with E-state index in [-0.39, 0.29) is 55.5 Å². The zero-order valence-electron chi connectivity index (χ0n) is 24.3. The first kappa shape index (κ1) is 37.4. The third kappa shape index (κ3) is 8.65. The van der Waals surface area contributed by atoms with E-state index in [2.05, 4.69) is 0 Å². The minimum atomic E-state index is -4.39. The number of benzene rings is 2. The average molecular weight is 735 g/mol. The van der Waals surface area contributed by atoms with Crippen LogP contribution in [0, 0.1) is 0 Å². The number of anilines is 2. The summed E-state index contributed by atoms with van der Waals surface area (Å²) in [6.07, 6.45) is 5.81. The van der Waals surface area contributed by atoms with Crippen LogP contribution in [0.4, 0.5) is 11.4 Å². The molecule has 0 saturated heterocycles. The summed E-state index contributed by atoms with van der Waals surface area (Å²) >= 11 is 25.3. The van der Waals surface area contributed by atoms with E-state index in [9.17, 15) is 25.9 Å². The predicted molar refractivity (Wildman–Crippen MR) is 178 cm³/mol. The number of hydrogen-bond acceptors (Lipinski definition) is 7. The summed E-state index contributed by atoms with van der Waals surface area (Å²) in [4.78, 5) is 3.93. The van der Waals surface area contributed by atoms with Crippen LogP contribution in [0.3, 0.4) is 0 Å². The molecule has 10 nitrogen and oxygen atoms in total. The second kappa shape index (κ2) is 15.2. The van der Waals surface area contributed by atoms with Gasteiger partial charge in [-0.15, -0.1) is 0 Å². The number of nitrogens with zero attached hydrogens (tertiary/aromatic N) is 4. The normalized spacial score (nSPS) is 14.7. The van der Waals surface area contributed by atoms with Crippen molar-refractivity contribution in [2.75, 3.05) is 34.4 Å². The molecule has 2 aromatic carbocycles. The van der Waals surface area contributed by atoms with Crippen LogP contribution in [0.5, 0.6) is 0 Å². The molecule has 0 bridgehead atoms. The molecule has 0 fully saturated rings. The quantitative estimate of drug-likeness (QED) is 0.145. The number of aryl methyl sites for hydroxylation is 2. The van der Waals surface area contributed by atoms with Crippen LogP contribution in [0.1, 0.15) is 32.5 Å².